The van der Waals surface area contributed by atoms with Gasteiger partial charge in [0.05, 0.1) is 0 Å². The molecule has 0 N–H and O–H groups in total. The van der Waals surface area contributed by atoms with Crippen molar-refractivity contribution in [1.82, 2.24) is 0 Å². The van der Waals surface area contributed by atoms with Crippen LogP contribution in [-0.4, -0.2) is 5.78 Å². The first-order valence-corrected chi connectivity index (χ1v) is 6.23. The van der Waals surface area contributed by atoms with Crippen LogP contribution in [0.4, 0.5) is 0 Å². The summed E-state index contributed by atoms with van der Waals surface area (Å²) < 4.78 is 1.08. The summed E-state index contributed by atoms with van der Waals surface area (Å²) in [5.41, 5.74) is 1.23. The van der Waals surface area contributed by atoms with Gasteiger partial charge >= 0.3 is 0 Å². The standard InChI is InChI=1S/C13H17BrO/c1-3-11(13(15)4-2)8-10-6-5-7-12(14)9-10/h5-7,9,11H,3-4,8H2,1-2H3. The van der Waals surface area contributed by atoms with Crippen LogP contribution in [0.1, 0.15) is 32.3 Å². The Kier molecular flexibility index (Phi) is 5.03. The Balaban J connectivity index is 2.70. The molecule has 0 saturated heterocycles. The zero-order valence-corrected chi connectivity index (χ0v) is 10.9. The second-order valence-corrected chi connectivity index (χ2v) is 4.67. The molecule has 0 fully saturated rings. The Morgan fingerprint density at radius 3 is 2.67 bits per heavy atom. The minimum absolute atomic E-state index is 0.185. The van der Waals surface area contributed by atoms with Crippen molar-refractivity contribution in [2.75, 3.05) is 0 Å². The van der Waals surface area contributed by atoms with Crippen LogP contribution in [0.2, 0.25) is 0 Å². The zero-order chi connectivity index (χ0) is 11.3. The van der Waals surface area contributed by atoms with Crippen LogP contribution < -0.4 is 0 Å². The largest absolute Gasteiger partial charge is 0.299 e. The van der Waals surface area contributed by atoms with Crippen LogP contribution in [0.5, 0.6) is 0 Å². The molecule has 0 aliphatic rings. The highest BCUT2D eigenvalue weighted by Gasteiger charge is 2.14. The highest BCUT2D eigenvalue weighted by Crippen LogP contribution is 2.18. The summed E-state index contributed by atoms with van der Waals surface area (Å²) in [5, 5.41) is 0. The SMILES string of the molecule is CCC(=O)C(CC)Cc1cccc(Br)c1. The minimum Gasteiger partial charge on any atom is -0.299 e. The molecule has 2 heteroatoms. The first-order chi connectivity index (χ1) is 7.17. The van der Waals surface area contributed by atoms with Crippen LogP contribution in [-0.2, 0) is 11.2 Å². The van der Waals surface area contributed by atoms with E-state index in [1.54, 1.807) is 0 Å². The third kappa shape index (κ3) is 3.78. The van der Waals surface area contributed by atoms with Crippen molar-refractivity contribution in [3.8, 4) is 0 Å². The lowest BCUT2D eigenvalue weighted by Gasteiger charge is -2.12. The highest BCUT2D eigenvalue weighted by atomic mass is 79.9. The van der Waals surface area contributed by atoms with E-state index in [-0.39, 0.29) is 5.92 Å². The van der Waals surface area contributed by atoms with Crippen LogP contribution in [0.25, 0.3) is 0 Å². The Hall–Kier alpha value is -0.630. The van der Waals surface area contributed by atoms with Gasteiger partial charge in [0.15, 0.2) is 0 Å². The maximum atomic E-state index is 11.6. The molecule has 0 bridgehead atoms. The van der Waals surface area contributed by atoms with Gasteiger partial charge < -0.3 is 0 Å². The lowest BCUT2D eigenvalue weighted by Crippen LogP contribution is -2.15. The van der Waals surface area contributed by atoms with E-state index in [2.05, 4.69) is 35.0 Å². The molecule has 1 nitrogen and oxygen atoms in total. The lowest BCUT2D eigenvalue weighted by atomic mass is 9.92. The van der Waals surface area contributed by atoms with Gasteiger partial charge in [0.25, 0.3) is 0 Å². The fraction of sp³-hybridized carbons (Fsp3) is 0.462. The molecule has 0 saturated carbocycles. The molecular formula is C13H17BrO. The Labute approximate surface area is 100 Å². The molecule has 0 spiro atoms. The second-order valence-electron chi connectivity index (χ2n) is 3.76. The molecular weight excluding hydrogens is 252 g/mol. The molecule has 1 rings (SSSR count). The number of rotatable bonds is 5. The quantitative estimate of drug-likeness (QED) is 0.789. The number of carbonyl (C=O) groups excluding carboxylic acids is 1. The maximum absolute atomic E-state index is 11.6. The third-order valence-electron chi connectivity index (χ3n) is 2.67. The predicted octanol–water partition coefficient (Wildman–Crippen LogP) is 4.00. The molecule has 1 atom stereocenters. The van der Waals surface area contributed by atoms with E-state index in [9.17, 15) is 4.79 Å². The molecule has 0 aromatic heterocycles. The molecule has 0 amide bonds. The van der Waals surface area contributed by atoms with Crippen molar-refractivity contribution in [3.63, 3.8) is 0 Å². The van der Waals surface area contributed by atoms with E-state index < -0.39 is 0 Å². The van der Waals surface area contributed by atoms with Crippen molar-refractivity contribution >= 4 is 21.7 Å². The summed E-state index contributed by atoms with van der Waals surface area (Å²) >= 11 is 3.44. The summed E-state index contributed by atoms with van der Waals surface area (Å²) in [6.45, 7) is 4.02. The molecule has 15 heavy (non-hydrogen) atoms. The van der Waals surface area contributed by atoms with E-state index >= 15 is 0 Å². The number of Topliss-reactive ketones (excluding diaryl/α,β-unsaturated/α-hetero) is 1. The van der Waals surface area contributed by atoms with Gasteiger partial charge in [-0.2, -0.15) is 0 Å². The van der Waals surface area contributed by atoms with E-state index in [0.717, 1.165) is 17.3 Å². The minimum atomic E-state index is 0.185. The number of benzene rings is 1. The van der Waals surface area contributed by atoms with Gasteiger partial charge in [-0.05, 0) is 30.5 Å². The van der Waals surface area contributed by atoms with Crippen molar-refractivity contribution in [2.24, 2.45) is 5.92 Å². The van der Waals surface area contributed by atoms with E-state index in [1.165, 1.54) is 5.56 Å². The summed E-state index contributed by atoms with van der Waals surface area (Å²) in [6.07, 6.45) is 2.44. The first-order valence-electron chi connectivity index (χ1n) is 5.44. The normalized spacial score (nSPS) is 12.5. The third-order valence-corrected chi connectivity index (χ3v) is 3.16. The van der Waals surface area contributed by atoms with Crippen molar-refractivity contribution in [1.29, 1.82) is 0 Å². The topological polar surface area (TPSA) is 17.1 Å². The van der Waals surface area contributed by atoms with Crippen LogP contribution in [0.3, 0.4) is 0 Å². The number of halogens is 1. The smallest absolute Gasteiger partial charge is 0.136 e. The van der Waals surface area contributed by atoms with Crippen molar-refractivity contribution in [3.05, 3.63) is 34.3 Å². The molecule has 0 radical (unpaired) electrons. The van der Waals surface area contributed by atoms with Crippen molar-refractivity contribution < 1.29 is 4.79 Å². The molecule has 0 aliphatic carbocycles. The van der Waals surface area contributed by atoms with E-state index in [1.807, 2.05) is 19.1 Å². The van der Waals surface area contributed by atoms with Gasteiger partial charge in [-0.1, -0.05) is 41.9 Å². The second kappa shape index (κ2) is 6.06. The van der Waals surface area contributed by atoms with Crippen LogP contribution in [0.15, 0.2) is 28.7 Å². The van der Waals surface area contributed by atoms with Gasteiger partial charge in [0.2, 0.25) is 0 Å². The summed E-state index contributed by atoms with van der Waals surface area (Å²) in [6, 6.07) is 8.19. The Morgan fingerprint density at radius 2 is 2.13 bits per heavy atom. The number of ketones is 1. The molecule has 0 heterocycles. The summed E-state index contributed by atoms with van der Waals surface area (Å²) in [7, 11) is 0. The molecule has 1 aromatic carbocycles. The summed E-state index contributed by atoms with van der Waals surface area (Å²) in [4.78, 5) is 11.6. The van der Waals surface area contributed by atoms with Gasteiger partial charge in [0, 0.05) is 16.8 Å². The average molecular weight is 269 g/mol. The van der Waals surface area contributed by atoms with E-state index in [4.69, 9.17) is 0 Å². The number of carbonyl (C=O) groups is 1. The molecule has 1 unspecified atom stereocenters. The Morgan fingerprint density at radius 1 is 1.40 bits per heavy atom. The Bertz CT molecular complexity index is 333. The van der Waals surface area contributed by atoms with Crippen molar-refractivity contribution in [2.45, 2.75) is 33.1 Å². The highest BCUT2D eigenvalue weighted by molar-refractivity contribution is 9.10. The predicted molar refractivity (Wildman–Crippen MR) is 66.9 cm³/mol. The fourth-order valence-corrected chi connectivity index (χ4v) is 2.17. The maximum Gasteiger partial charge on any atom is 0.136 e. The lowest BCUT2D eigenvalue weighted by molar-refractivity contribution is -0.122. The first kappa shape index (κ1) is 12.4. The van der Waals surface area contributed by atoms with Gasteiger partial charge in [-0.3, -0.25) is 4.79 Å². The zero-order valence-electron chi connectivity index (χ0n) is 9.29. The number of hydrogen-bond acceptors (Lipinski definition) is 1. The molecule has 0 aliphatic heterocycles. The summed E-state index contributed by atoms with van der Waals surface area (Å²) in [5.74, 6) is 0.557. The van der Waals surface area contributed by atoms with Gasteiger partial charge in [-0.15, -0.1) is 0 Å². The van der Waals surface area contributed by atoms with Gasteiger partial charge in [-0.25, -0.2) is 0 Å². The molecule has 82 valence electrons. The monoisotopic (exact) mass is 268 g/mol. The number of hydrogen-bond donors (Lipinski definition) is 0. The van der Waals surface area contributed by atoms with Crippen LogP contribution in [0, 0.1) is 5.92 Å². The van der Waals surface area contributed by atoms with Gasteiger partial charge in [0.1, 0.15) is 5.78 Å². The fourth-order valence-electron chi connectivity index (χ4n) is 1.72. The van der Waals surface area contributed by atoms with Crippen LogP contribution >= 0.6 is 15.9 Å². The average Bonchev–Trinajstić information content (AvgIpc) is 2.25. The van der Waals surface area contributed by atoms with E-state index in [0.29, 0.717) is 12.2 Å². The molecule has 1 aromatic rings.